The van der Waals surface area contributed by atoms with Crippen molar-refractivity contribution in [1.82, 2.24) is 4.90 Å². The fourth-order valence-corrected chi connectivity index (χ4v) is 2.95. The van der Waals surface area contributed by atoms with Crippen LogP contribution in [0.3, 0.4) is 0 Å². The van der Waals surface area contributed by atoms with Gasteiger partial charge in [0, 0.05) is 20.7 Å². The van der Waals surface area contributed by atoms with Crippen LogP contribution in [0.25, 0.3) is 0 Å². The lowest BCUT2D eigenvalue weighted by Gasteiger charge is -2.19. The third-order valence-corrected chi connectivity index (χ3v) is 4.48. The van der Waals surface area contributed by atoms with Gasteiger partial charge in [0.25, 0.3) is 0 Å². The lowest BCUT2D eigenvalue weighted by molar-refractivity contribution is -0.117. The van der Waals surface area contributed by atoms with E-state index in [-0.39, 0.29) is 5.91 Å². The fraction of sp³-hybridized carbons (Fsp3) is 0.267. The fourth-order valence-electron chi connectivity index (χ4n) is 1.84. The van der Waals surface area contributed by atoms with Crippen molar-refractivity contribution >= 4 is 45.5 Å². The first-order valence-corrected chi connectivity index (χ1v) is 8.43. The van der Waals surface area contributed by atoms with E-state index < -0.39 is 0 Å². The summed E-state index contributed by atoms with van der Waals surface area (Å²) in [7, 11) is 0. The van der Waals surface area contributed by atoms with Gasteiger partial charge in [0.05, 0.1) is 6.54 Å². The van der Waals surface area contributed by atoms with Gasteiger partial charge in [-0.25, -0.2) is 0 Å². The quantitative estimate of drug-likeness (QED) is 0.748. The molecular formula is C15H17IN2OS. The number of nitrogens with zero attached hydrogens (tertiary/aromatic N) is 1. The Hall–Kier alpha value is -0.920. The second-order valence-electron chi connectivity index (χ2n) is 4.44. The van der Waals surface area contributed by atoms with Crippen LogP contribution in [0.1, 0.15) is 11.8 Å². The SMILES string of the molecule is CCN(CC(=O)Nc1ccc(I)cc1)Cc1cccs1. The van der Waals surface area contributed by atoms with E-state index in [9.17, 15) is 4.79 Å². The number of thiophene rings is 1. The molecular weight excluding hydrogens is 383 g/mol. The van der Waals surface area contributed by atoms with Crippen molar-refractivity contribution in [2.24, 2.45) is 0 Å². The van der Waals surface area contributed by atoms with Crippen LogP contribution in [-0.4, -0.2) is 23.9 Å². The monoisotopic (exact) mass is 400 g/mol. The van der Waals surface area contributed by atoms with Gasteiger partial charge < -0.3 is 5.32 Å². The highest BCUT2D eigenvalue weighted by Crippen LogP contribution is 2.13. The van der Waals surface area contributed by atoms with E-state index in [2.05, 4.69) is 51.2 Å². The van der Waals surface area contributed by atoms with Crippen LogP contribution < -0.4 is 5.32 Å². The summed E-state index contributed by atoms with van der Waals surface area (Å²) in [5.41, 5.74) is 0.850. The molecule has 0 spiro atoms. The van der Waals surface area contributed by atoms with E-state index in [1.807, 2.05) is 30.3 Å². The molecule has 1 amide bonds. The van der Waals surface area contributed by atoms with Crippen molar-refractivity contribution < 1.29 is 4.79 Å². The second kappa shape index (κ2) is 7.75. The molecule has 1 aromatic heterocycles. The molecule has 0 saturated heterocycles. The maximum absolute atomic E-state index is 12.0. The molecule has 0 aliphatic rings. The summed E-state index contributed by atoms with van der Waals surface area (Å²) < 4.78 is 1.16. The van der Waals surface area contributed by atoms with Crippen molar-refractivity contribution in [3.8, 4) is 0 Å². The molecule has 2 aromatic rings. The first-order chi connectivity index (χ1) is 9.67. The van der Waals surface area contributed by atoms with E-state index in [1.165, 1.54) is 4.88 Å². The number of likely N-dealkylation sites (N-methyl/N-ethyl adjacent to an activating group) is 1. The molecule has 5 heteroatoms. The Kier molecular flexibility index (Phi) is 6.00. The van der Waals surface area contributed by atoms with Crippen molar-refractivity contribution in [3.63, 3.8) is 0 Å². The number of carbonyl (C=O) groups excluding carboxylic acids is 1. The summed E-state index contributed by atoms with van der Waals surface area (Å²) in [5, 5.41) is 5.00. The summed E-state index contributed by atoms with van der Waals surface area (Å²) in [5.74, 6) is 0.0321. The maximum atomic E-state index is 12.0. The zero-order valence-corrected chi connectivity index (χ0v) is 14.3. The molecule has 0 fully saturated rings. The second-order valence-corrected chi connectivity index (χ2v) is 6.72. The highest BCUT2D eigenvalue weighted by Gasteiger charge is 2.10. The van der Waals surface area contributed by atoms with Crippen LogP contribution in [-0.2, 0) is 11.3 Å². The summed E-state index contributed by atoms with van der Waals surface area (Å²) in [6.07, 6.45) is 0. The molecule has 1 heterocycles. The van der Waals surface area contributed by atoms with E-state index in [1.54, 1.807) is 11.3 Å². The zero-order chi connectivity index (χ0) is 14.4. The van der Waals surface area contributed by atoms with E-state index >= 15 is 0 Å². The molecule has 0 unspecified atom stereocenters. The van der Waals surface area contributed by atoms with E-state index in [0.29, 0.717) is 6.54 Å². The molecule has 20 heavy (non-hydrogen) atoms. The predicted molar refractivity (Wildman–Crippen MR) is 93.1 cm³/mol. The first kappa shape index (κ1) is 15.5. The standard InChI is InChI=1S/C15H17IN2OS/c1-2-18(10-14-4-3-9-20-14)11-15(19)17-13-7-5-12(16)6-8-13/h3-9H,2,10-11H2,1H3,(H,17,19). The topological polar surface area (TPSA) is 32.3 Å². The number of hydrogen-bond acceptors (Lipinski definition) is 3. The van der Waals surface area contributed by atoms with Gasteiger partial charge in [-0.1, -0.05) is 13.0 Å². The van der Waals surface area contributed by atoms with Gasteiger partial charge in [-0.05, 0) is 64.8 Å². The minimum Gasteiger partial charge on any atom is -0.325 e. The predicted octanol–water partition coefficient (Wildman–Crippen LogP) is 3.81. The number of rotatable bonds is 6. The normalized spacial score (nSPS) is 10.8. The Balaban J connectivity index is 1.87. The van der Waals surface area contributed by atoms with Gasteiger partial charge in [0.2, 0.25) is 5.91 Å². The van der Waals surface area contributed by atoms with Crippen molar-refractivity contribution in [2.75, 3.05) is 18.4 Å². The number of halogens is 1. The van der Waals surface area contributed by atoms with Crippen LogP contribution in [0.15, 0.2) is 41.8 Å². The molecule has 3 nitrogen and oxygen atoms in total. The number of hydrogen-bond donors (Lipinski definition) is 1. The minimum absolute atomic E-state index is 0.0321. The highest BCUT2D eigenvalue weighted by molar-refractivity contribution is 14.1. The Morgan fingerprint density at radius 3 is 2.65 bits per heavy atom. The van der Waals surface area contributed by atoms with Gasteiger partial charge in [0.1, 0.15) is 0 Å². The molecule has 0 aliphatic carbocycles. The summed E-state index contributed by atoms with van der Waals surface area (Å²) >= 11 is 3.97. The average Bonchev–Trinajstić information content (AvgIpc) is 2.93. The van der Waals surface area contributed by atoms with Crippen LogP contribution >= 0.6 is 33.9 Å². The average molecular weight is 400 g/mol. The zero-order valence-electron chi connectivity index (χ0n) is 11.3. The molecule has 2 rings (SSSR count). The number of benzene rings is 1. The number of amides is 1. The van der Waals surface area contributed by atoms with E-state index in [0.717, 1.165) is 22.3 Å². The Labute approximate surface area is 137 Å². The maximum Gasteiger partial charge on any atom is 0.238 e. The van der Waals surface area contributed by atoms with Crippen molar-refractivity contribution in [1.29, 1.82) is 0 Å². The summed E-state index contributed by atoms with van der Waals surface area (Å²) in [6.45, 7) is 4.18. The lowest BCUT2D eigenvalue weighted by atomic mass is 10.3. The Morgan fingerprint density at radius 2 is 2.05 bits per heavy atom. The van der Waals surface area contributed by atoms with Gasteiger partial charge in [-0.2, -0.15) is 0 Å². The molecule has 106 valence electrons. The Bertz CT molecular complexity index is 540. The summed E-state index contributed by atoms with van der Waals surface area (Å²) in [4.78, 5) is 15.5. The number of anilines is 1. The third kappa shape index (κ3) is 4.88. The third-order valence-electron chi connectivity index (χ3n) is 2.90. The largest absolute Gasteiger partial charge is 0.325 e. The molecule has 1 N–H and O–H groups in total. The van der Waals surface area contributed by atoms with Crippen molar-refractivity contribution in [3.05, 3.63) is 50.2 Å². The van der Waals surface area contributed by atoms with Crippen LogP contribution in [0.5, 0.6) is 0 Å². The van der Waals surface area contributed by atoms with Gasteiger partial charge >= 0.3 is 0 Å². The summed E-state index contributed by atoms with van der Waals surface area (Å²) in [6, 6.07) is 12.0. The minimum atomic E-state index is 0.0321. The Morgan fingerprint density at radius 1 is 1.30 bits per heavy atom. The molecule has 1 aromatic carbocycles. The van der Waals surface area contributed by atoms with Gasteiger partial charge in [-0.3, -0.25) is 9.69 Å². The highest BCUT2D eigenvalue weighted by atomic mass is 127. The van der Waals surface area contributed by atoms with Gasteiger partial charge in [0.15, 0.2) is 0 Å². The van der Waals surface area contributed by atoms with Crippen LogP contribution in [0.2, 0.25) is 0 Å². The van der Waals surface area contributed by atoms with Crippen LogP contribution in [0.4, 0.5) is 5.69 Å². The molecule has 0 saturated carbocycles. The molecule has 0 atom stereocenters. The van der Waals surface area contributed by atoms with Crippen LogP contribution in [0, 0.1) is 3.57 Å². The first-order valence-electron chi connectivity index (χ1n) is 6.47. The van der Waals surface area contributed by atoms with Gasteiger partial charge in [-0.15, -0.1) is 11.3 Å². The van der Waals surface area contributed by atoms with Crippen molar-refractivity contribution in [2.45, 2.75) is 13.5 Å². The lowest BCUT2D eigenvalue weighted by Crippen LogP contribution is -2.32. The molecule has 0 radical (unpaired) electrons. The molecule has 0 bridgehead atoms. The van der Waals surface area contributed by atoms with E-state index in [4.69, 9.17) is 0 Å². The number of nitrogens with one attached hydrogen (secondary N) is 1. The molecule has 0 aliphatic heterocycles. The smallest absolute Gasteiger partial charge is 0.238 e. The number of carbonyl (C=O) groups is 1.